The molecule has 202 valence electrons. The summed E-state index contributed by atoms with van der Waals surface area (Å²) in [5.74, 6) is 0. The van der Waals surface area contributed by atoms with Gasteiger partial charge in [0, 0.05) is 25.6 Å². The Morgan fingerprint density at radius 2 is 1.23 bits per heavy atom. The van der Waals surface area contributed by atoms with E-state index >= 15 is 0 Å². The van der Waals surface area contributed by atoms with Gasteiger partial charge >= 0.3 is 6.01 Å². The summed E-state index contributed by atoms with van der Waals surface area (Å²) in [5, 5.41) is 7.32. The lowest BCUT2D eigenvalue weighted by Crippen LogP contribution is -2.10. The third-order valence-electron chi connectivity index (χ3n) is 8.32. The predicted molar refractivity (Wildman–Crippen MR) is 182 cm³/mol. The van der Waals surface area contributed by atoms with E-state index in [4.69, 9.17) is 9.40 Å². The molecule has 3 nitrogen and oxygen atoms in total. The van der Waals surface area contributed by atoms with Gasteiger partial charge in [0.1, 0.15) is 5.52 Å². The van der Waals surface area contributed by atoms with Gasteiger partial charge in [-0.25, -0.2) is 0 Å². The van der Waals surface area contributed by atoms with Gasteiger partial charge in [-0.1, -0.05) is 103 Å². The van der Waals surface area contributed by atoms with Crippen molar-refractivity contribution in [1.29, 1.82) is 0 Å². The predicted octanol–water partition coefficient (Wildman–Crippen LogP) is 11.6. The fraction of sp³-hybridized carbons (Fsp3) is 0. The van der Waals surface area contributed by atoms with Gasteiger partial charge in [-0.05, 0) is 69.8 Å². The molecule has 0 unspecified atom stereocenters. The summed E-state index contributed by atoms with van der Waals surface area (Å²) in [6, 6.07) is 51.8. The Morgan fingerprint density at radius 1 is 0.512 bits per heavy atom. The molecule has 0 saturated carbocycles. The highest BCUT2D eigenvalue weighted by atomic mass is 32.1. The monoisotopic (exact) mass is 568 g/mol. The average Bonchev–Trinajstić information content (AvgIpc) is 3.67. The maximum absolute atomic E-state index is 6.48. The summed E-state index contributed by atoms with van der Waals surface area (Å²) in [6.45, 7) is 0. The molecule has 0 saturated heterocycles. The lowest BCUT2D eigenvalue weighted by Gasteiger charge is -2.21. The number of hydrogen-bond acceptors (Lipinski definition) is 4. The molecule has 0 radical (unpaired) electrons. The third kappa shape index (κ3) is 3.84. The lowest BCUT2D eigenvalue weighted by atomic mass is 10.0. The minimum atomic E-state index is 0.543. The normalized spacial score (nSPS) is 11.7. The molecule has 0 spiro atoms. The Balaban J connectivity index is 1.18. The number of anilines is 3. The van der Waals surface area contributed by atoms with Crippen molar-refractivity contribution in [3.8, 4) is 11.1 Å². The molecule has 0 aliphatic heterocycles. The molecule has 9 rings (SSSR count). The van der Waals surface area contributed by atoms with Crippen molar-refractivity contribution >= 4 is 81.5 Å². The van der Waals surface area contributed by atoms with Crippen LogP contribution in [0.1, 0.15) is 0 Å². The quantitative estimate of drug-likeness (QED) is 0.198. The molecule has 0 atom stereocenters. The van der Waals surface area contributed by atoms with Crippen LogP contribution in [0.2, 0.25) is 0 Å². The minimum absolute atomic E-state index is 0.543. The van der Waals surface area contributed by atoms with Crippen LogP contribution in [-0.4, -0.2) is 4.98 Å². The van der Waals surface area contributed by atoms with Crippen LogP contribution < -0.4 is 4.90 Å². The van der Waals surface area contributed by atoms with Crippen LogP contribution in [0, 0.1) is 0 Å². The first-order valence-corrected chi connectivity index (χ1v) is 15.2. The first kappa shape index (κ1) is 24.2. The zero-order valence-electron chi connectivity index (χ0n) is 23.1. The molecule has 0 aliphatic rings. The molecule has 0 aliphatic carbocycles. The van der Waals surface area contributed by atoms with Crippen LogP contribution in [0.5, 0.6) is 0 Å². The second kappa shape index (κ2) is 9.55. The maximum Gasteiger partial charge on any atom is 0.307 e. The van der Waals surface area contributed by atoms with E-state index in [0.717, 1.165) is 27.9 Å². The molecule has 43 heavy (non-hydrogen) atoms. The molecule has 2 heterocycles. The van der Waals surface area contributed by atoms with Gasteiger partial charge < -0.3 is 4.42 Å². The SMILES string of the molecule is c1ccc(N(c2ccc(-c3cccc4c3sc3ccccc34)cc2)c2nc3c(ccc4c5ccccc5ccc43)o2)cc1. The summed E-state index contributed by atoms with van der Waals surface area (Å²) in [6.07, 6.45) is 0. The third-order valence-corrected chi connectivity index (χ3v) is 9.54. The van der Waals surface area contributed by atoms with Crippen molar-refractivity contribution in [1.82, 2.24) is 4.98 Å². The zero-order valence-corrected chi connectivity index (χ0v) is 23.9. The number of thiophene rings is 1. The fourth-order valence-corrected chi connectivity index (χ4v) is 7.51. The highest BCUT2D eigenvalue weighted by molar-refractivity contribution is 7.26. The van der Waals surface area contributed by atoms with Gasteiger partial charge in [-0.2, -0.15) is 4.98 Å². The van der Waals surface area contributed by atoms with Gasteiger partial charge in [0.2, 0.25) is 0 Å². The lowest BCUT2D eigenvalue weighted by molar-refractivity contribution is 0.608. The van der Waals surface area contributed by atoms with Gasteiger partial charge in [-0.15, -0.1) is 11.3 Å². The summed E-state index contributed by atoms with van der Waals surface area (Å²) in [7, 11) is 0. The van der Waals surface area contributed by atoms with Gasteiger partial charge in [-0.3, -0.25) is 4.90 Å². The smallest absolute Gasteiger partial charge is 0.307 e. The largest absolute Gasteiger partial charge is 0.423 e. The molecule has 2 aromatic heterocycles. The van der Waals surface area contributed by atoms with Gasteiger partial charge in [0.25, 0.3) is 0 Å². The Bertz CT molecular complexity index is 2460. The van der Waals surface area contributed by atoms with E-state index in [2.05, 4.69) is 126 Å². The van der Waals surface area contributed by atoms with Crippen LogP contribution >= 0.6 is 11.3 Å². The Hall–Kier alpha value is -5.45. The molecular weight excluding hydrogens is 545 g/mol. The van der Waals surface area contributed by atoms with E-state index in [1.807, 2.05) is 35.6 Å². The van der Waals surface area contributed by atoms with Crippen LogP contribution in [0.15, 0.2) is 150 Å². The highest BCUT2D eigenvalue weighted by Crippen LogP contribution is 2.42. The molecule has 0 bridgehead atoms. The molecule has 0 amide bonds. The summed E-state index contributed by atoms with van der Waals surface area (Å²) >= 11 is 1.86. The van der Waals surface area contributed by atoms with E-state index in [-0.39, 0.29) is 0 Å². The number of oxazole rings is 1. The number of hydrogen-bond donors (Lipinski definition) is 0. The first-order valence-electron chi connectivity index (χ1n) is 14.4. The van der Waals surface area contributed by atoms with E-state index in [0.29, 0.717) is 6.01 Å². The maximum atomic E-state index is 6.48. The van der Waals surface area contributed by atoms with Crippen molar-refractivity contribution < 1.29 is 4.42 Å². The van der Waals surface area contributed by atoms with Crippen LogP contribution in [0.25, 0.3) is 63.9 Å². The van der Waals surface area contributed by atoms with Crippen molar-refractivity contribution in [2.75, 3.05) is 4.90 Å². The van der Waals surface area contributed by atoms with E-state index in [9.17, 15) is 0 Å². The number of aromatic nitrogens is 1. The Morgan fingerprint density at radius 3 is 2.12 bits per heavy atom. The minimum Gasteiger partial charge on any atom is -0.423 e. The molecular formula is C39H24N2OS. The summed E-state index contributed by atoms with van der Waals surface area (Å²) < 4.78 is 9.11. The number of benzene rings is 7. The van der Waals surface area contributed by atoms with Gasteiger partial charge in [0.05, 0.1) is 11.4 Å². The second-order valence-corrected chi connectivity index (χ2v) is 11.8. The molecule has 0 N–H and O–H groups in total. The van der Waals surface area contributed by atoms with Crippen molar-refractivity contribution in [3.63, 3.8) is 0 Å². The summed E-state index contributed by atoms with van der Waals surface area (Å²) in [4.78, 5) is 7.20. The van der Waals surface area contributed by atoms with E-state index in [1.165, 1.54) is 47.5 Å². The fourth-order valence-electron chi connectivity index (χ4n) is 6.27. The van der Waals surface area contributed by atoms with Crippen molar-refractivity contribution in [2.24, 2.45) is 0 Å². The number of rotatable bonds is 4. The molecule has 7 aromatic carbocycles. The molecule has 4 heteroatoms. The highest BCUT2D eigenvalue weighted by Gasteiger charge is 2.20. The van der Waals surface area contributed by atoms with Crippen LogP contribution in [0.4, 0.5) is 17.4 Å². The number of para-hydroxylation sites is 1. The second-order valence-electron chi connectivity index (χ2n) is 10.8. The molecule has 0 fully saturated rings. The van der Waals surface area contributed by atoms with E-state index in [1.54, 1.807) is 0 Å². The summed E-state index contributed by atoms with van der Waals surface area (Å²) in [5.41, 5.74) is 6.04. The molecule has 9 aromatic rings. The standard InChI is InChI=1S/C39H24N2OS/c1-2-10-27(11-3-1)41(39-40-37-33-22-19-25-9-4-5-12-29(25)31(33)23-24-35(37)42-39)28-20-17-26(18-21-28)30-14-8-15-34-32-13-6-7-16-36(32)43-38(30)34/h1-24H. The Kier molecular flexibility index (Phi) is 5.37. The van der Waals surface area contributed by atoms with E-state index < -0.39 is 0 Å². The van der Waals surface area contributed by atoms with Crippen molar-refractivity contribution in [2.45, 2.75) is 0 Å². The number of fused-ring (bicyclic) bond motifs is 8. The Labute approximate surface area is 251 Å². The van der Waals surface area contributed by atoms with Gasteiger partial charge in [0.15, 0.2) is 5.58 Å². The zero-order chi connectivity index (χ0) is 28.3. The first-order chi connectivity index (χ1) is 21.3. The number of nitrogens with zero attached hydrogens (tertiary/aromatic N) is 2. The topological polar surface area (TPSA) is 29.3 Å². The average molecular weight is 569 g/mol. The van der Waals surface area contributed by atoms with Crippen LogP contribution in [0.3, 0.4) is 0 Å². The van der Waals surface area contributed by atoms with Crippen molar-refractivity contribution in [3.05, 3.63) is 146 Å². The van der Waals surface area contributed by atoms with Crippen LogP contribution in [-0.2, 0) is 0 Å².